The van der Waals surface area contributed by atoms with Crippen LogP contribution in [0.15, 0.2) is 4.79 Å². The highest BCUT2D eigenvalue weighted by molar-refractivity contribution is 5.78. The number of aromatic nitrogens is 3. The standard InChI is InChI=1S/C15H22F3N5O3/c1-20-13(15(16,17)18)19-23(14(20)25)11-2-4-21(5-3-11)10-12(24)22-6-8-26-9-7-22/h11H,2-10H2,1H3. The largest absolute Gasteiger partial charge is 0.451 e. The van der Waals surface area contributed by atoms with E-state index in [2.05, 4.69) is 5.10 Å². The molecule has 2 fully saturated rings. The number of hydrogen-bond acceptors (Lipinski definition) is 5. The van der Waals surface area contributed by atoms with Gasteiger partial charge in [0, 0.05) is 33.2 Å². The lowest BCUT2D eigenvalue weighted by Gasteiger charge is -2.33. The van der Waals surface area contributed by atoms with Crippen LogP contribution in [0.1, 0.15) is 24.7 Å². The molecule has 0 atom stereocenters. The van der Waals surface area contributed by atoms with Gasteiger partial charge in [-0.1, -0.05) is 0 Å². The third-order valence-electron chi connectivity index (χ3n) is 4.88. The Morgan fingerprint density at radius 2 is 1.81 bits per heavy atom. The van der Waals surface area contributed by atoms with Crippen LogP contribution in [-0.2, 0) is 22.8 Å². The molecule has 11 heteroatoms. The molecule has 0 aromatic carbocycles. The van der Waals surface area contributed by atoms with Crippen LogP contribution in [0.25, 0.3) is 0 Å². The molecule has 8 nitrogen and oxygen atoms in total. The summed E-state index contributed by atoms with van der Waals surface area (Å²) in [7, 11) is 1.07. The van der Waals surface area contributed by atoms with Crippen LogP contribution in [0.2, 0.25) is 0 Å². The Hall–Kier alpha value is -1.88. The fourth-order valence-electron chi connectivity index (χ4n) is 3.37. The fourth-order valence-corrected chi connectivity index (χ4v) is 3.37. The average Bonchev–Trinajstić information content (AvgIpc) is 2.92. The van der Waals surface area contributed by atoms with E-state index in [0.29, 0.717) is 56.8 Å². The molecule has 26 heavy (non-hydrogen) atoms. The van der Waals surface area contributed by atoms with Gasteiger partial charge in [0.05, 0.1) is 25.8 Å². The van der Waals surface area contributed by atoms with Crippen molar-refractivity contribution in [1.29, 1.82) is 0 Å². The lowest BCUT2D eigenvalue weighted by atomic mass is 10.1. The number of nitrogens with zero attached hydrogens (tertiary/aromatic N) is 5. The maximum atomic E-state index is 12.9. The van der Waals surface area contributed by atoms with Crippen LogP contribution in [-0.4, -0.2) is 76.0 Å². The summed E-state index contributed by atoms with van der Waals surface area (Å²) < 4.78 is 45.4. The number of carbonyl (C=O) groups is 1. The number of halogens is 3. The Morgan fingerprint density at radius 3 is 2.35 bits per heavy atom. The zero-order valence-electron chi connectivity index (χ0n) is 14.5. The van der Waals surface area contributed by atoms with Crippen LogP contribution in [0.5, 0.6) is 0 Å². The second-order valence-electron chi connectivity index (χ2n) is 6.61. The highest BCUT2D eigenvalue weighted by Gasteiger charge is 2.39. The molecule has 1 aromatic heterocycles. The van der Waals surface area contributed by atoms with Gasteiger partial charge in [-0.25, -0.2) is 9.48 Å². The van der Waals surface area contributed by atoms with E-state index in [1.807, 2.05) is 4.90 Å². The van der Waals surface area contributed by atoms with Crippen molar-refractivity contribution in [3.8, 4) is 0 Å². The molecule has 0 unspecified atom stereocenters. The predicted octanol–water partition coefficient (Wildman–Crippen LogP) is 0.0963. The van der Waals surface area contributed by atoms with Crippen LogP contribution in [0.4, 0.5) is 13.2 Å². The van der Waals surface area contributed by atoms with E-state index in [1.165, 1.54) is 0 Å². The first-order valence-corrected chi connectivity index (χ1v) is 8.58. The maximum absolute atomic E-state index is 12.9. The molecule has 0 aliphatic carbocycles. The van der Waals surface area contributed by atoms with E-state index < -0.39 is 17.7 Å². The number of hydrogen-bond donors (Lipinski definition) is 0. The minimum atomic E-state index is -4.66. The molecular formula is C15H22F3N5O3. The van der Waals surface area contributed by atoms with Gasteiger partial charge < -0.3 is 9.64 Å². The summed E-state index contributed by atoms with van der Waals surface area (Å²) in [6, 6.07) is -0.389. The van der Waals surface area contributed by atoms with Gasteiger partial charge in [-0.3, -0.25) is 14.3 Å². The van der Waals surface area contributed by atoms with Crippen molar-refractivity contribution < 1.29 is 22.7 Å². The Kier molecular flexibility index (Phi) is 5.37. The molecule has 1 aromatic rings. The SMILES string of the molecule is Cn1c(C(F)(F)F)nn(C2CCN(CC(=O)N3CCOCC3)CC2)c1=O. The second kappa shape index (κ2) is 7.39. The van der Waals surface area contributed by atoms with Gasteiger partial charge in [0.25, 0.3) is 0 Å². The van der Waals surface area contributed by atoms with Crippen LogP contribution in [0.3, 0.4) is 0 Å². The van der Waals surface area contributed by atoms with Crippen molar-refractivity contribution in [2.45, 2.75) is 25.1 Å². The molecule has 0 radical (unpaired) electrons. The molecule has 146 valence electrons. The summed E-state index contributed by atoms with van der Waals surface area (Å²) in [6.07, 6.45) is -3.71. The normalized spacial score (nSPS) is 20.5. The number of morpholine rings is 1. The third kappa shape index (κ3) is 3.93. The number of ether oxygens (including phenoxy) is 1. The van der Waals surface area contributed by atoms with Crippen molar-refractivity contribution in [2.75, 3.05) is 45.9 Å². The van der Waals surface area contributed by atoms with Gasteiger partial charge >= 0.3 is 11.9 Å². The van der Waals surface area contributed by atoms with Gasteiger partial charge in [-0.2, -0.15) is 13.2 Å². The first-order chi connectivity index (χ1) is 12.3. The molecule has 2 aliphatic rings. The van der Waals surface area contributed by atoms with Crippen LogP contribution >= 0.6 is 0 Å². The highest BCUT2D eigenvalue weighted by Crippen LogP contribution is 2.28. The highest BCUT2D eigenvalue weighted by atomic mass is 19.4. The van der Waals surface area contributed by atoms with E-state index in [0.717, 1.165) is 11.7 Å². The molecule has 0 bridgehead atoms. The summed E-state index contributed by atoms with van der Waals surface area (Å²) in [6.45, 7) is 3.58. The number of likely N-dealkylation sites (tertiary alicyclic amines) is 1. The Bertz CT molecular complexity index is 700. The van der Waals surface area contributed by atoms with Gasteiger partial charge in [0.1, 0.15) is 0 Å². The number of alkyl halides is 3. The molecule has 2 saturated heterocycles. The monoisotopic (exact) mass is 377 g/mol. The lowest BCUT2D eigenvalue weighted by Crippen LogP contribution is -2.47. The van der Waals surface area contributed by atoms with Gasteiger partial charge in [0.2, 0.25) is 11.7 Å². The predicted molar refractivity (Wildman–Crippen MR) is 84.6 cm³/mol. The number of rotatable bonds is 3. The van der Waals surface area contributed by atoms with E-state index in [9.17, 15) is 22.8 Å². The quantitative estimate of drug-likeness (QED) is 0.747. The van der Waals surface area contributed by atoms with E-state index in [-0.39, 0.29) is 18.5 Å². The van der Waals surface area contributed by atoms with Crippen molar-refractivity contribution in [3.05, 3.63) is 16.3 Å². The van der Waals surface area contributed by atoms with Crippen molar-refractivity contribution in [2.24, 2.45) is 7.05 Å². The average molecular weight is 377 g/mol. The zero-order valence-corrected chi connectivity index (χ0v) is 14.5. The van der Waals surface area contributed by atoms with E-state index in [1.54, 1.807) is 4.90 Å². The molecule has 0 saturated carbocycles. The molecular weight excluding hydrogens is 355 g/mol. The summed E-state index contributed by atoms with van der Waals surface area (Å²) in [5, 5.41) is 3.50. The first-order valence-electron chi connectivity index (χ1n) is 8.58. The molecule has 0 spiro atoms. The molecule has 1 amide bonds. The van der Waals surface area contributed by atoms with Crippen molar-refractivity contribution in [3.63, 3.8) is 0 Å². The third-order valence-corrected chi connectivity index (χ3v) is 4.88. The number of carbonyl (C=O) groups excluding carboxylic acids is 1. The molecule has 2 aliphatic heterocycles. The Labute approximate surface area is 148 Å². The van der Waals surface area contributed by atoms with Gasteiger partial charge in [-0.15, -0.1) is 5.10 Å². The summed E-state index contributed by atoms with van der Waals surface area (Å²) in [5.74, 6) is -1.16. The van der Waals surface area contributed by atoms with Crippen LogP contribution < -0.4 is 5.69 Å². The van der Waals surface area contributed by atoms with Crippen molar-refractivity contribution in [1.82, 2.24) is 24.1 Å². The Balaban J connectivity index is 1.59. The fraction of sp³-hybridized carbons (Fsp3) is 0.800. The van der Waals surface area contributed by atoms with Gasteiger partial charge in [0.15, 0.2) is 0 Å². The summed E-state index contributed by atoms with van der Waals surface area (Å²) >= 11 is 0. The van der Waals surface area contributed by atoms with E-state index >= 15 is 0 Å². The van der Waals surface area contributed by atoms with Gasteiger partial charge in [-0.05, 0) is 12.8 Å². The summed E-state index contributed by atoms with van der Waals surface area (Å²) in [5.41, 5.74) is -0.764. The lowest BCUT2D eigenvalue weighted by molar-refractivity contribution is -0.147. The van der Waals surface area contributed by atoms with E-state index in [4.69, 9.17) is 4.74 Å². The molecule has 3 heterocycles. The molecule has 3 rings (SSSR count). The minimum absolute atomic E-state index is 0.0288. The number of amides is 1. The second-order valence-corrected chi connectivity index (χ2v) is 6.61. The minimum Gasteiger partial charge on any atom is -0.378 e. The Morgan fingerprint density at radius 1 is 1.19 bits per heavy atom. The zero-order chi connectivity index (χ0) is 18.9. The summed E-state index contributed by atoms with van der Waals surface area (Å²) in [4.78, 5) is 28.1. The van der Waals surface area contributed by atoms with Crippen LogP contribution in [0, 0.1) is 0 Å². The first kappa shape index (κ1) is 18.9. The molecule has 0 N–H and O–H groups in total. The van der Waals surface area contributed by atoms with Crippen molar-refractivity contribution >= 4 is 5.91 Å². The number of piperidine rings is 1. The topological polar surface area (TPSA) is 72.6 Å². The smallest absolute Gasteiger partial charge is 0.378 e. The maximum Gasteiger partial charge on any atom is 0.451 e.